The minimum atomic E-state index is -4.91. The molecule has 29 heavy (non-hydrogen) atoms. The minimum absolute atomic E-state index is 0.185. The second-order valence-electron chi connectivity index (χ2n) is 5.65. The molecule has 2 aromatic rings. The number of benzene rings is 2. The number of phenolic OH excluding ortho intramolecular Hbond substituents is 1. The quantitative estimate of drug-likeness (QED) is 0.247. The standard InChI is InChI=1S/C15H14N2O9S3/c1-7-2-12(18)11(6-13(7)27-15(16)20)17-14(19)8-3-9(28(21,22)23)5-10(4-8)29(24,25)26/h2-6,18H,1H3,(H2,16,20)(H,17,19)(H,21,22,23)(H,24,25,26). The summed E-state index contributed by atoms with van der Waals surface area (Å²) in [6.07, 6.45) is 0. The molecule has 0 fully saturated rings. The topological polar surface area (TPSA) is 201 Å². The molecule has 0 saturated heterocycles. The number of aromatic hydroxyl groups is 1. The van der Waals surface area contributed by atoms with Gasteiger partial charge in [0, 0.05) is 10.5 Å². The first-order valence-corrected chi connectivity index (χ1v) is 11.1. The Morgan fingerprint density at radius 1 is 0.966 bits per heavy atom. The van der Waals surface area contributed by atoms with E-state index in [1.54, 1.807) is 6.92 Å². The van der Waals surface area contributed by atoms with Gasteiger partial charge in [-0.05, 0) is 54.6 Å². The minimum Gasteiger partial charge on any atom is -0.506 e. The molecule has 11 nitrogen and oxygen atoms in total. The van der Waals surface area contributed by atoms with Crippen LogP contribution in [0.4, 0.5) is 10.5 Å². The van der Waals surface area contributed by atoms with Gasteiger partial charge in [-0.1, -0.05) is 0 Å². The third-order valence-electron chi connectivity index (χ3n) is 3.49. The van der Waals surface area contributed by atoms with E-state index >= 15 is 0 Å². The zero-order chi connectivity index (χ0) is 22.1. The lowest BCUT2D eigenvalue weighted by molar-refractivity contribution is 0.102. The summed E-state index contributed by atoms with van der Waals surface area (Å²) in [5, 5.41) is 11.5. The van der Waals surface area contributed by atoms with Crippen molar-refractivity contribution < 1.29 is 40.6 Å². The second kappa shape index (κ2) is 8.00. The molecule has 2 aromatic carbocycles. The van der Waals surface area contributed by atoms with Crippen LogP contribution in [-0.2, 0) is 20.2 Å². The van der Waals surface area contributed by atoms with E-state index in [4.69, 9.17) is 14.8 Å². The van der Waals surface area contributed by atoms with E-state index in [0.717, 1.165) is 0 Å². The van der Waals surface area contributed by atoms with Crippen LogP contribution in [0.1, 0.15) is 15.9 Å². The lowest BCUT2D eigenvalue weighted by atomic mass is 10.1. The number of anilines is 1. The molecule has 0 aliphatic carbocycles. The molecule has 14 heteroatoms. The number of aryl methyl sites for hydroxylation is 1. The molecule has 6 N–H and O–H groups in total. The van der Waals surface area contributed by atoms with Gasteiger partial charge >= 0.3 is 0 Å². The molecule has 2 amide bonds. The Hall–Kier alpha value is -2.65. The van der Waals surface area contributed by atoms with E-state index in [1.807, 2.05) is 0 Å². The summed E-state index contributed by atoms with van der Waals surface area (Å²) in [6.45, 7) is 1.57. The van der Waals surface area contributed by atoms with Crippen LogP contribution in [0.5, 0.6) is 5.75 Å². The van der Waals surface area contributed by atoms with Gasteiger partial charge in [0.05, 0.1) is 15.5 Å². The van der Waals surface area contributed by atoms with Crippen molar-refractivity contribution in [1.82, 2.24) is 0 Å². The van der Waals surface area contributed by atoms with Gasteiger partial charge in [-0.3, -0.25) is 18.7 Å². The van der Waals surface area contributed by atoms with Gasteiger partial charge in [0.2, 0.25) is 0 Å². The van der Waals surface area contributed by atoms with Crippen molar-refractivity contribution in [2.24, 2.45) is 5.73 Å². The van der Waals surface area contributed by atoms with E-state index in [-0.39, 0.29) is 5.69 Å². The van der Waals surface area contributed by atoms with Crippen LogP contribution in [0.2, 0.25) is 0 Å². The largest absolute Gasteiger partial charge is 0.506 e. The zero-order valence-electron chi connectivity index (χ0n) is 14.5. The van der Waals surface area contributed by atoms with E-state index in [9.17, 15) is 31.5 Å². The lowest BCUT2D eigenvalue weighted by Crippen LogP contribution is -2.15. The van der Waals surface area contributed by atoms with E-state index < -0.39 is 52.5 Å². The molecule has 0 bridgehead atoms. The number of hydrogen-bond donors (Lipinski definition) is 5. The summed E-state index contributed by atoms with van der Waals surface area (Å²) in [5.41, 5.74) is 4.84. The molecule has 0 spiro atoms. The van der Waals surface area contributed by atoms with Crippen molar-refractivity contribution in [1.29, 1.82) is 0 Å². The number of carbonyl (C=O) groups is 2. The van der Waals surface area contributed by atoms with Gasteiger partial charge in [-0.25, -0.2) is 0 Å². The summed E-state index contributed by atoms with van der Waals surface area (Å²) in [6, 6.07) is 4.27. The molecule has 0 aromatic heterocycles. The first kappa shape index (κ1) is 22.6. The number of hydrogen-bond acceptors (Lipinski definition) is 8. The van der Waals surface area contributed by atoms with Gasteiger partial charge < -0.3 is 16.2 Å². The SMILES string of the molecule is Cc1cc(O)c(NC(=O)c2cc(S(=O)(=O)O)cc(S(=O)(=O)O)c2)cc1SC(N)=O. The fourth-order valence-electron chi connectivity index (χ4n) is 2.19. The third kappa shape index (κ3) is 5.68. The number of amides is 2. The number of primary amides is 1. The highest BCUT2D eigenvalue weighted by Crippen LogP contribution is 2.33. The van der Waals surface area contributed by atoms with Crippen molar-refractivity contribution in [3.05, 3.63) is 41.5 Å². The summed E-state index contributed by atoms with van der Waals surface area (Å²) in [7, 11) is -9.82. The second-order valence-corrected chi connectivity index (χ2v) is 9.54. The monoisotopic (exact) mass is 462 g/mol. The molecule has 0 saturated carbocycles. The van der Waals surface area contributed by atoms with Crippen molar-refractivity contribution >= 4 is 48.8 Å². The predicted molar refractivity (Wildman–Crippen MR) is 102 cm³/mol. The van der Waals surface area contributed by atoms with Crippen LogP contribution in [0.15, 0.2) is 45.0 Å². The van der Waals surface area contributed by atoms with Gasteiger partial charge in [-0.2, -0.15) is 16.8 Å². The summed E-state index contributed by atoms with van der Waals surface area (Å²) >= 11 is 0.634. The fourth-order valence-corrected chi connectivity index (χ4v) is 3.98. The number of carbonyl (C=O) groups excluding carboxylic acids is 2. The van der Waals surface area contributed by atoms with Crippen LogP contribution >= 0.6 is 11.8 Å². The number of thioether (sulfide) groups is 1. The van der Waals surface area contributed by atoms with Gasteiger partial charge in [0.25, 0.3) is 31.4 Å². The Labute approximate surface area is 169 Å². The molecule has 2 rings (SSSR count). The van der Waals surface area contributed by atoms with Crippen LogP contribution < -0.4 is 11.1 Å². The Morgan fingerprint density at radius 3 is 1.93 bits per heavy atom. The van der Waals surface area contributed by atoms with Crippen molar-refractivity contribution in [3.63, 3.8) is 0 Å². The Morgan fingerprint density at radius 2 is 1.48 bits per heavy atom. The normalized spacial score (nSPS) is 11.8. The highest BCUT2D eigenvalue weighted by molar-refractivity contribution is 8.13. The third-order valence-corrected chi connectivity index (χ3v) is 6.01. The molecular formula is C15H14N2O9S3. The van der Waals surface area contributed by atoms with Crippen molar-refractivity contribution in [2.75, 3.05) is 5.32 Å². The number of rotatable bonds is 5. The number of nitrogens with one attached hydrogen (secondary N) is 1. The van der Waals surface area contributed by atoms with Gasteiger partial charge in [0.15, 0.2) is 0 Å². The van der Waals surface area contributed by atoms with Crippen LogP contribution in [0.3, 0.4) is 0 Å². The Bertz CT molecular complexity index is 1170. The van der Waals surface area contributed by atoms with Crippen molar-refractivity contribution in [3.8, 4) is 5.75 Å². The van der Waals surface area contributed by atoms with E-state index in [0.29, 0.717) is 40.4 Å². The molecule has 156 valence electrons. The number of nitrogens with two attached hydrogens (primary N) is 1. The predicted octanol–water partition coefficient (Wildman–Crippen LogP) is 1.62. The lowest BCUT2D eigenvalue weighted by Gasteiger charge is -2.12. The molecule has 0 radical (unpaired) electrons. The molecule has 0 aliphatic heterocycles. The van der Waals surface area contributed by atoms with Gasteiger partial charge in [0.1, 0.15) is 5.75 Å². The van der Waals surface area contributed by atoms with Gasteiger partial charge in [-0.15, -0.1) is 0 Å². The van der Waals surface area contributed by atoms with Crippen LogP contribution in [0.25, 0.3) is 0 Å². The highest BCUT2D eigenvalue weighted by atomic mass is 32.2. The summed E-state index contributed by atoms with van der Waals surface area (Å²) in [4.78, 5) is 22.0. The zero-order valence-corrected chi connectivity index (χ0v) is 16.9. The van der Waals surface area contributed by atoms with E-state index in [1.165, 1.54) is 12.1 Å². The Balaban J connectivity index is 2.52. The van der Waals surface area contributed by atoms with Crippen LogP contribution in [-0.4, -0.2) is 42.2 Å². The molecular weight excluding hydrogens is 448 g/mol. The molecule has 0 atom stereocenters. The Kier molecular flexibility index (Phi) is 6.24. The van der Waals surface area contributed by atoms with Crippen LogP contribution in [0, 0.1) is 6.92 Å². The fraction of sp³-hybridized carbons (Fsp3) is 0.0667. The van der Waals surface area contributed by atoms with Crippen molar-refractivity contribution in [2.45, 2.75) is 21.6 Å². The maximum atomic E-state index is 12.5. The van der Waals surface area contributed by atoms with E-state index in [2.05, 4.69) is 5.32 Å². The average molecular weight is 462 g/mol. The maximum Gasteiger partial charge on any atom is 0.294 e. The smallest absolute Gasteiger partial charge is 0.294 e. The average Bonchev–Trinajstić information content (AvgIpc) is 2.56. The first-order chi connectivity index (χ1) is 13.2. The molecule has 0 heterocycles. The molecule has 0 unspecified atom stereocenters. The number of phenols is 1. The highest BCUT2D eigenvalue weighted by Gasteiger charge is 2.21. The maximum absolute atomic E-state index is 12.5. The molecule has 0 aliphatic rings. The summed E-state index contributed by atoms with van der Waals surface area (Å²) < 4.78 is 63.7. The summed E-state index contributed by atoms with van der Waals surface area (Å²) in [5.74, 6) is -1.47. The first-order valence-electron chi connectivity index (χ1n) is 7.41.